The number of carbonyl (C=O) groups is 1. The Labute approximate surface area is 170 Å². The van der Waals surface area contributed by atoms with Crippen LogP contribution in [0.5, 0.6) is 0 Å². The van der Waals surface area contributed by atoms with E-state index in [1.165, 1.54) is 0 Å². The van der Waals surface area contributed by atoms with Gasteiger partial charge < -0.3 is 19.2 Å². The molecule has 0 bridgehead atoms. The van der Waals surface area contributed by atoms with E-state index in [2.05, 4.69) is 30.4 Å². The summed E-state index contributed by atoms with van der Waals surface area (Å²) in [6.07, 6.45) is 5.48. The number of hydrogen-bond acceptors (Lipinski definition) is 7. The molecule has 0 saturated carbocycles. The van der Waals surface area contributed by atoms with Crippen molar-refractivity contribution >= 4 is 22.6 Å². The van der Waals surface area contributed by atoms with Crippen LogP contribution in [0.25, 0.3) is 34.0 Å². The van der Waals surface area contributed by atoms with Crippen molar-refractivity contribution in [2.45, 2.75) is 12.8 Å². The lowest BCUT2D eigenvalue weighted by molar-refractivity contribution is -0.116. The molecule has 0 saturated heterocycles. The molecule has 4 aromatic heterocycles. The van der Waals surface area contributed by atoms with Gasteiger partial charge in [-0.25, -0.2) is 4.98 Å². The lowest BCUT2D eigenvalue weighted by Crippen LogP contribution is -2.12. The van der Waals surface area contributed by atoms with Gasteiger partial charge in [-0.05, 0) is 42.5 Å². The SMILES string of the molecule is O=C(CCc1nc(-c2ccncc2)no1)Nc1ccc2nc(-c3ccco3)[nH]c2c1. The molecule has 0 spiro atoms. The molecule has 1 amide bonds. The Morgan fingerprint density at radius 3 is 2.83 bits per heavy atom. The van der Waals surface area contributed by atoms with Gasteiger partial charge in [0, 0.05) is 36.5 Å². The molecular formula is C21H16N6O3. The Morgan fingerprint density at radius 1 is 1.10 bits per heavy atom. The largest absolute Gasteiger partial charge is 0.461 e. The highest BCUT2D eigenvalue weighted by Gasteiger charge is 2.12. The number of nitrogens with zero attached hydrogens (tertiary/aromatic N) is 4. The normalized spacial score (nSPS) is 11.1. The average Bonchev–Trinajstić information content (AvgIpc) is 3.53. The third-order valence-electron chi connectivity index (χ3n) is 4.49. The average molecular weight is 400 g/mol. The number of hydrogen-bond donors (Lipinski definition) is 2. The van der Waals surface area contributed by atoms with Crippen LogP contribution in [0, 0.1) is 0 Å². The van der Waals surface area contributed by atoms with Crippen molar-refractivity contribution in [2.24, 2.45) is 0 Å². The van der Waals surface area contributed by atoms with Gasteiger partial charge in [-0.3, -0.25) is 9.78 Å². The lowest BCUT2D eigenvalue weighted by Gasteiger charge is -2.03. The van der Waals surface area contributed by atoms with Crippen LogP contribution in [0.1, 0.15) is 12.3 Å². The zero-order valence-electron chi connectivity index (χ0n) is 15.7. The Balaban J connectivity index is 1.22. The van der Waals surface area contributed by atoms with Crippen LogP contribution < -0.4 is 5.32 Å². The Hall–Kier alpha value is -4.27. The fourth-order valence-electron chi connectivity index (χ4n) is 3.04. The van der Waals surface area contributed by atoms with Crippen molar-refractivity contribution in [1.82, 2.24) is 25.1 Å². The summed E-state index contributed by atoms with van der Waals surface area (Å²) in [7, 11) is 0. The van der Waals surface area contributed by atoms with E-state index in [0.29, 0.717) is 35.4 Å². The van der Waals surface area contributed by atoms with Crippen LogP contribution in [-0.4, -0.2) is 31.0 Å². The number of fused-ring (bicyclic) bond motifs is 1. The molecule has 9 heteroatoms. The van der Waals surface area contributed by atoms with E-state index < -0.39 is 0 Å². The van der Waals surface area contributed by atoms with E-state index in [4.69, 9.17) is 8.94 Å². The minimum atomic E-state index is -0.149. The third kappa shape index (κ3) is 3.68. The van der Waals surface area contributed by atoms with Gasteiger partial charge in [-0.15, -0.1) is 0 Å². The summed E-state index contributed by atoms with van der Waals surface area (Å²) < 4.78 is 10.6. The molecule has 1 aromatic carbocycles. The van der Waals surface area contributed by atoms with E-state index in [1.807, 2.05) is 18.2 Å². The second kappa shape index (κ2) is 7.63. The minimum Gasteiger partial charge on any atom is -0.461 e. The first-order chi connectivity index (χ1) is 14.7. The molecule has 0 aliphatic heterocycles. The highest BCUT2D eigenvalue weighted by molar-refractivity contribution is 5.93. The summed E-state index contributed by atoms with van der Waals surface area (Å²) in [6.45, 7) is 0. The number of pyridine rings is 1. The van der Waals surface area contributed by atoms with Crippen LogP contribution >= 0.6 is 0 Å². The Bertz CT molecular complexity index is 1290. The van der Waals surface area contributed by atoms with Crippen molar-refractivity contribution in [3.05, 3.63) is 67.0 Å². The maximum Gasteiger partial charge on any atom is 0.227 e. The number of nitrogens with one attached hydrogen (secondary N) is 2. The first-order valence-electron chi connectivity index (χ1n) is 9.31. The standard InChI is InChI=1S/C21H16N6O3/c28-18(5-6-19-26-20(27-30-19)13-7-9-22-10-8-13)23-14-3-4-15-16(12-14)25-21(24-15)17-2-1-11-29-17/h1-4,7-12H,5-6H2,(H,23,28)(H,24,25). The van der Waals surface area contributed by atoms with Crippen LogP contribution in [0.15, 0.2) is 70.1 Å². The zero-order valence-corrected chi connectivity index (χ0v) is 15.7. The summed E-state index contributed by atoms with van der Waals surface area (Å²) in [5, 5.41) is 6.82. The van der Waals surface area contributed by atoms with Crippen molar-refractivity contribution < 1.29 is 13.7 Å². The number of imidazole rings is 1. The lowest BCUT2D eigenvalue weighted by atomic mass is 10.2. The monoisotopic (exact) mass is 400 g/mol. The summed E-state index contributed by atoms with van der Waals surface area (Å²) in [5.74, 6) is 2.03. The molecule has 0 unspecified atom stereocenters. The number of furan rings is 1. The maximum absolute atomic E-state index is 12.3. The van der Waals surface area contributed by atoms with Crippen LogP contribution in [0.4, 0.5) is 5.69 Å². The molecule has 148 valence electrons. The molecule has 5 aromatic rings. The number of aryl methyl sites for hydroxylation is 1. The van der Waals surface area contributed by atoms with Crippen molar-refractivity contribution in [1.29, 1.82) is 0 Å². The van der Waals surface area contributed by atoms with Gasteiger partial charge in [0.05, 0.1) is 17.3 Å². The summed E-state index contributed by atoms with van der Waals surface area (Å²) >= 11 is 0. The molecule has 5 rings (SSSR count). The number of anilines is 1. The predicted octanol–water partition coefficient (Wildman–Crippen LogP) is 3.84. The van der Waals surface area contributed by atoms with Crippen LogP contribution in [0.3, 0.4) is 0 Å². The highest BCUT2D eigenvalue weighted by atomic mass is 16.5. The van der Waals surface area contributed by atoms with Crippen molar-refractivity contribution in [3.63, 3.8) is 0 Å². The van der Waals surface area contributed by atoms with E-state index in [9.17, 15) is 4.79 Å². The smallest absolute Gasteiger partial charge is 0.227 e. The Kier molecular flexibility index (Phi) is 4.53. The molecule has 0 aliphatic rings. The number of aromatic nitrogens is 5. The zero-order chi connectivity index (χ0) is 20.3. The number of carbonyl (C=O) groups excluding carboxylic acids is 1. The molecule has 0 atom stereocenters. The molecule has 0 aliphatic carbocycles. The van der Waals surface area contributed by atoms with E-state index in [0.717, 1.165) is 16.6 Å². The fourth-order valence-corrected chi connectivity index (χ4v) is 3.04. The molecule has 2 N–H and O–H groups in total. The van der Waals surface area contributed by atoms with Crippen molar-refractivity contribution in [3.8, 4) is 23.0 Å². The highest BCUT2D eigenvalue weighted by Crippen LogP contribution is 2.23. The summed E-state index contributed by atoms with van der Waals surface area (Å²) in [5.41, 5.74) is 3.07. The van der Waals surface area contributed by atoms with E-state index in [-0.39, 0.29) is 12.3 Å². The maximum atomic E-state index is 12.3. The number of aromatic amines is 1. The van der Waals surface area contributed by atoms with Gasteiger partial charge in [-0.1, -0.05) is 5.16 Å². The number of amides is 1. The van der Waals surface area contributed by atoms with Crippen LogP contribution in [-0.2, 0) is 11.2 Å². The van der Waals surface area contributed by atoms with Crippen LogP contribution in [0.2, 0.25) is 0 Å². The predicted molar refractivity (Wildman–Crippen MR) is 108 cm³/mol. The van der Waals surface area contributed by atoms with Gasteiger partial charge in [0.15, 0.2) is 11.6 Å². The van der Waals surface area contributed by atoms with E-state index in [1.54, 1.807) is 42.9 Å². The van der Waals surface area contributed by atoms with Gasteiger partial charge in [0.2, 0.25) is 17.6 Å². The molecule has 30 heavy (non-hydrogen) atoms. The molecule has 4 heterocycles. The molecule has 0 fully saturated rings. The third-order valence-corrected chi connectivity index (χ3v) is 4.49. The molecule has 9 nitrogen and oxygen atoms in total. The second-order valence-electron chi connectivity index (χ2n) is 6.59. The van der Waals surface area contributed by atoms with Gasteiger partial charge >= 0.3 is 0 Å². The van der Waals surface area contributed by atoms with Gasteiger partial charge in [0.25, 0.3) is 0 Å². The fraction of sp³-hybridized carbons (Fsp3) is 0.0952. The Morgan fingerprint density at radius 2 is 2.00 bits per heavy atom. The van der Waals surface area contributed by atoms with E-state index >= 15 is 0 Å². The van der Waals surface area contributed by atoms with Gasteiger partial charge in [-0.2, -0.15) is 4.98 Å². The van der Waals surface area contributed by atoms with Gasteiger partial charge in [0.1, 0.15) is 0 Å². The minimum absolute atomic E-state index is 0.149. The second-order valence-corrected chi connectivity index (χ2v) is 6.59. The quantitative estimate of drug-likeness (QED) is 0.444. The summed E-state index contributed by atoms with van der Waals surface area (Å²) in [6, 6.07) is 12.7. The number of rotatable bonds is 6. The first-order valence-corrected chi connectivity index (χ1v) is 9.31. The first kappa shape index (κ1) is 17.8. The number of benzene rings is 1. The van der Waals surface area contributed by atoms with Crippen molar-refractivity contribution in [2.75, 3.05) is 5.32 Å². The molecule has 0 radical (unpaired) electrons. The topological polar surface area (TPSA) is 123 Å². The number of H-pyrrole nitrogens is 1. The summed E-state index contributed by atoms with van der Waals surface area (Å²) in [4.78, 5) is 28.3. The molecular weight excluding hydrogens is 384 g/mol.